The van der Waals surface area contributed by atoms with Crippen LogP contribution in [0.25, 0.3) is 10.8 Å². The van der Waals surface area contributed by atoms with Crippen LogP contribution in [-0.4, -0.2) is 27.7 Å². The molecule has 0 saturated carbocycles. The van der Waals surface area contributed by atoms with Crippen LogP contribution in [0.2, 0.25) is 0 Å². The molecule has 1 heterocycles. The number of aliphatic hydroxyl groups excluding tert-OH is 1. The molecule has 6 nitrogen and oxygen atoms in total. The number of aliphatic hydroxyl groups is 1. The number of fused-ring (bicyclic) bond motifs is 1. The standard InChI is InChI=1S/C14H17N3O3/c1-3-10(8-18)16-13-4-5-14(17(19)20)12-7-15-9(2)6-11(12)13/h4-7,10,16,18H,3,8H2,1-2H3. The van der Waals surface area contributed by atoms with E-state index in [1.54, 1.807) is 6.07 Å². The molecule has 1 unspecified atom stereocenters. The molecule has 0 aliphatic carbocycles. The molecule has 0 radical (unpaired) electrons. The Bertz CT molecular complexity index is 639. The van der Waals surface area contributed by atoms with E-state index in [0.717, 1.165) is 23.2 Å². The van der Waals surface area contributed by atoms with Crippen LogP contribution >= 0.6 is 0 Å². The van der Waals surface area contributed by atoms with Gasteiger partial charge in [0, 0.05) is 35.1 Å². The lowest BCUT2D eigenvalue weighted by molar-refractivity contribution is -0.383. The normalized spacial score (nSPS) is 12.3. The Kier molecular flexibility index (Phi) is 4.14. The number of anilines is 1. The predicted octanol–water partition coefficient (Wildman–Crippen LogP) is 2.63. The fourth-order valence-corrected chi connectivity index (χ4v) is 2.11. The maximum Gasteiger partial charge on any atom is 0.278 e. The number of aromatic nitrogens is 1. The summed E-state index contributed by atoms with van der Waals surface area (Å²) >= 11 is 0. The number of benzene rings is 1. The summed E-state index contributed by atoms with van der Waals surface area (Å²) in [6.07, 6.45) is 2.28. The van der Waals surface area contributed by atoms with E-state index in [1.165, 1.54) is 12.3 Å². The van der Waals surface area contributed by atoms with Crippen molar-refractivity contribution in [2.24, 2.45) is 0 Å². The highest BCUT2D eigenvalue weighted by Crippen LogP contribution is 2.31. The summed E-state index contributed by atoms with van der Waals surface area (Å²) in [6, 6.07) is 4.88. The van der Waals surface area contributed by atoms with Crippen LogP contribution in [0.3, 0.4) is 0 Å². The number of pyridine rings is 1. The van der Waals surface area contributed by atoms with Crippen molar-refractivity contribution in [2.45, 2.75) is 26.3 Å². The van der Waals surface area contributed by atoms with E-state index in [-0.39, 0.29) is 18.3 Å². The first-order valence-corrected chi connectivity index (χ1v) is 6.48. The van der Waals surface area contributed by atoms with Crippen LogP contribution < -0.4 is 5.32 Å². The minimum absolute atomic E-state index is 0.0129. The molecule has 106 valence electrons. The molecule has 0 saturated heterocycles. The SMILES string of the molecule is CCC(CO)Nc1ccc([N+](=O)[O-])c2cnc(C)cc12. The van der Waals surface area contributed by atoms with Gasteiger partial charge in [-0.2, -0.15) is 0 Å². The smallest absolute Gasteiger partial charge is 0.278 e. The number of hydrogen-bond acceptors (Lipinski definition) is 5. The van der Waals surface area contributed by atoms with Gasteiger partial charge < -0.3 is 10.4 Å². The average molecular weight is 275 g/mol. The Morgan fingerprint density at radius 2 is 2.20 bits per heavy atom. The van der Waals surface area contributed by atoms with Crippen LogP contribution in [0.1, 0.15) is 19.0 Å². The number of hydrogen-bond donors (Lipinski definition) is 2. The molecule has 0 amide bonds. The minimum Gasteiger partial charge on any atom is -0.394 e. The number of rotatable bonds is 5. The van der Waals surface area contributed by atoms with Crippen molar-refractivity contribution in [1.29, 1.82) is 0 Å². The Labute approximate surface area is 116 Å². The second kappa shape index (κ2) is 5.83. The van der Waals surface area contributed by atoms with Gasteiger partial charge in [-0.3, -0.25) is 15.1 Å². The van der Waals surface area contributed by atoms with Gasteiger partial charge in [-0.1, -0.05) is 6.92 Å². The number of non-ortho nitro benzene ring substituents is 1. The molecular formula is C14H17N3O3. The van der Waals surface area contributed by atoms with Crippen LogP contribution in [0.5, 0.6) is 0 Å². The lowest BCUT2D eigenvalue weighted by Crippen LogP contribution is -2.22. The quantitative estimate of drug-likeness (QED) is 0.647. The topological polar surface area (TPSA) is 88.3 Å². The van der Waals surface area contributed by atoms with Crippen molar-refractivity contribution >= 4 is 22.1 Å². The van der Waals surface area contributed by atoms with Crippen molar-refractivity contribution in [3.8, 4) is 0 Å². The zero-order chi connectivity index (χ0) is 14.7. The molecule has 0 fully saturated rings. The highest BCUT2D eigenvalue weighted by Gasteiger charge is 2.16. The fourth-order valence-electron chi connectivity index (χ4n) is 2.11. The second-order valence-electron chi connectivity index (χ2n) is 4.69. The lowest BCUT2D eigenvalue weighted by Gasteiger charge is -2.17. The third-order valence-electron chi connectivity index (χ3n) is 3.28. The molecule has 0 bridgehead atoms. The van der Waals surface area contributed by atoms with Gasteiger partial charge in [0.2, 0.25) is 0 Å². The molecule has 0 aliphatic rings. The summed E-state index contributed by atoms with van der Waals surface area (Å²) in [5.74, 6) is 0. The summed E-state index contributed by atoms with van der Waals surface area (Å²) in [6.45, 7) is 3.82. The van der Waals surface area contributed by atoms with Gasteiger partial charge in [-0.05, 0) is 25.5 Å². The molecule has 1 aromatic heterocycles. The van der Waals surface area contributed by atoms with Gasteiger partial charge in [0.1, 0.15) is 0 Å². The Balaban J connectivity index is 2.58. The van der Waals surface area contributed by atoms with E-state index in [2.05, 4.69) is 10.3 Å². The molecular weight excluding hydrogens is 258 g/mol. The average Bonchev–Trinajstić information content (AvgIpc) is 2.44. The van der Waals surface area contributed by atoms with E-state index in [0.29, 0.717) is 5.39 Å². The van der Waals surface area contributed by atoms with E-state index < -0.39 is 4.92 Å². The first-order valence-electron chi connectivity index (χ1n) is 6.48. The third-order valence-corrected chi connectivity index (χ3v) is 3.28. The number of nitrogens with zero attached hydrogens (tertiary/aromatic N) is 2. The molecule has 1 aromatic carbocycles. The monoisotopic (exact) mass is 275 g/mol. The zero-order valence-corrected chi connectivity index (χ0v) is 11.5. The van der Waals surface area contributed by atoms with E-state index >= 15 is 0 Å². The van der Waals surface area contributed by atoms with Gasteiger partial charge in [0.15, 0.2) is 0 Å². The Morgan fingerprint density at radius 3 is 2.80 bits per heavy atom. The number of aryl methyl sites for hydroxylation is 1. The highest BCUT2D eigenvalue weighted by molar-refractivity contribution is 5.99. The second-order valence-corrected chi connectivity index (χ2v) is 4.69. The molecule has 2 N–H and O–H groups in total. The maximum absolute atomic E-state index is 11.1. The minimum atomic E-state index is -0.410. The first-order chi connectivity index (χ1) is 9.56. The van der Waals surface area contributed by atoms with Crippen molar-refractivity contribution < 1.29 is 10.0 Å². The summed E-state index contributed by atoms with van der Waals surface area (Å²) in [5.41, 5.74) is 1.60. The largest absolute Gasteiger partial charge is 0.394 e. The Hall–Kier alpha value is -2.21. The zero-order valence-electron chi connectivity index (χ0n) is 11.5. The molecule has 0 aliphatic heterocycles. The molecule has 0 spiro atoms. The Morgan fingerprint density at radius 1 is 1.45 bits per heavy atom. The lowest BCUT2D eigenvalue weighted by atomic mass is 10.1. The molecule has 2 aromatic rings. The summed E-state index contributed by atoms with van der Waals surface area (Å²) < 4.78 is 0. The highest BCUT2D eigenvalue weighted by atomic mass is 16.6. The molecule has 6 heteroatoms. The van der Waals surface area contributed by atoms with Gasteiger partial charge in [0.05, 0.1) is 16.9 Å². The van der Waals surface area contributed by atoms with E-state index in [4.69, 9.17) is 0 Å². The van der Waals surface area contributed by atoms with Gasteiger partial charge in [0.25, 0.3) is 5.69 Å². The third kappa shape index (κ3) is 2.70. The van der Waals surface area contributed by atoms with Gasteiger partial charge in [-0.25, -0.2) is 0 Å². The number of nitrogens with one attached hydrogen (secondary N) is 1. The summed E-state index contributed by atoms with van der Waals surface area (Å²) in [4.78, 5) is 14.8. The molecule has 20 heavy (non-hydrogen) atoms. The van der Waals surface area contributed by atoms with Gasteiger partial charge >= 0.3 is 0 Å². The fraction of sp³-hybridized carbons (Fsp3) is 0.357. The predicted molar refractivity (Wildman–Crippen MR) is 77.9 cm³/mol. The summed E-state index contributed by atoms with van der Waals surface area (Å²) in [7, 11) is 0. The van der Waals surface area contributed by atoms with Crippen LogP contribution in [0.4, 0.5) is 11.4 Å². The van der Waals surface area contributed by atoms with E-state index in [1.807, 2.05) is 19.9 Å². The maximum atomic E-state index is 11.1. The van der Waals surface area contributed by atoms with Crippen molar-refractivity contribution in [2.75, 3.05) is 11.9 Å². The van der Waals surface area contributed by atoms with Crippen molar-refractivity contribution in [1.82, 2.24) is 4.98 Å². The number of nitro benzene ring substituents is 1. The van der Waals surface area contributed by atoms with Crippen LogP contribution in [0.15, 0.2) is 24.4 Å². The van der Waals surface area contributed by atoms with E-state index in [9.17, 15) is 15.2 Å². The van der Waals surface area contributed by atoms with Crippen LogP contribution in [-0.2, 0) is 0 Å². The van der Waals surface area contributed by atoms with Gasteiger partial charge in [-0.15, -0.1) is 0 Å². The van der Waals surface area contributed by atoms with Crippen LogP contribution in [0, 0.1) is 17.0 Å². The number of nitro groups is 1. The molecule has 2 rings (SSSR count). The first kappa shape index (κ1) is 14.2. The van der Waals surface area contributed by atoms with Crippen molar-refractivity contribution in [3.63, 3.8) is 0 Å². The summed E-state index contributed by atoms with van der Waals surface area (Å²) in [5, 5.41) is 24.8. The van der Waals surface area contributed by atoms with Crippen molar-refractivity contribution in [3.05, 3.63) is 40.2 Å². The molecule has 1 atom stereocenters.